The molecule has 0 unspecified atom stereocenters. The largest absolute Gasteiger partial charge is 0.465 e. The predicted molar refractivity (Wildman–Crippen MR) is 113 cm³/mol. The summed E-state index contributed by atoms with van der Waals surface area (Å²) in [7, 11) is 1.37. The first-order chi connectivity index (χ1) is 13.0. The van der Waals surface area contributed by atoms with E-state index in [1.165, 1.54) is 24.0 Å². The zero-order valence-corrected chi connectivity index (χ0v) is 16.9. The first-order valence-corrected chi connectivity index (χ1v) is 9.53. The maximum Gasteiger partial charge on any atom is 0.341 e. The topological polar surface area (TPSA) is 68.2 Å². The molecule has 0 fully saturated rings. The number of aryl methyl sites for hydroxylation is 1. The predicted octanol–water partition coefficient (Wildman–Crippen LogP) is 4.21. The van der Waals surface area contributed by atoms with Gasteiger partial charge in [0.15, 0.2) is 5.11 Å². The maximum absolute atomic E-state index is 12.1. The van der Waals surface area contributed by atoms with Gasteiger partial charge in [-0.1, -0.05) is 30.3 Å². The second-order valence-corrected chi connectivity index (χ2v) is 7.60. The number of aromatic nitrogens is 2. The molecule has 0 aliphatic rings. The summed E-state index contributed by atoms with van der Waals surface area (Å²) in [5.74, 6) is -0.377. The van der Waals surface area contributed by atoms with E-state index < -0.39 is 0 Å². The number of carbonyl (C=O) groups excluding carboxylic acids is 1. The van der Waals surface area contributed by atoms with Crippen LogP contribution >= 0.6 is 23.6 Å². The number of ether oxygens (including phenoxy) is 1. The smallest absolute Gasteiger partial charge is 0.341 e. The third-order valence-corrected chi connectivity index (χ3v) is 5.41. The number of benzene rings is 1. The highest BCUT2D eigenvalue weighted by atomic mass is 32.1. The van der Waals surface area contributed by atoms with Crippen LogP contribution in [0.25, 0.3) is 0 Å². The van der Waals surface area contributed by atoms with Gasteiger partial charge in [0, 0.05) is 11.1 Å². The van der Waals surface area contributed by atoms with Crippen LogP contribution in [0, 0.1) is 13.8 Å². The van der Waals surface area contributed by atoms with Crippen molar-refractivity contribution in [3.05, 3.63) is 64.3 Å². The van der Waals surface area contributed by atoms with Crippen LogP contribution in [-0.4, -0.2) is 28.0 Å². The molecule has 0 saturated heterocycles. The van der Waals surface area contributed by atoms with Gasteiger partial charge >= 0.3 is 5.97 Å². The first kappa shape index (κ1) is 19.1. The molecule has 3 aromatic rings. The van der Waals surface area contributed by atoms with Gasteiger partial charge in [-0.25, -0.2) is 4.79 Å². The molecule has 2 aromatic heterocycles. The van der Waals surface area contributed by atoms with Crippen LogP contribution in [0.3, 0.4) is 0 Å². The van der Waals surface area contributed by atoms with Crippen molar-refractivity contribution < 1.29 is 9.53 Å². The molecule has 27 heavy (non-hydrogen) atoms. The van der Waals surface area contributed by atoms with Gasteiger partial charge in [-0.15, -0.1) is 11.3 Å². The fraction of sp³-hybridized carbons (Fsp3) is 0.211. The van der Waals surface area contributed by atoms with Crippen molar-refractivity contribution in [1.82, 2.24) is 9.78 Å². The van der Waals surface area contributed by atoms with Gasteiger partial charge in [0.1, 0.15) is 5.00 Å². The maximum atomic E-state index is 12.1. The minimum atomic E-state index is -0.377. The highest BCUT2D eigenvalue weighted by Gasteiger charge is 2.20. The van der Waals surface area contributed by atoms with E-state index in [1.54, 1.807) is 6.20 Å². The Morgan fingerprint density at radius 1 is 1.26 bits per heavy atom. The zero-order valence-electron chi connectivity index (χ0n) is 15.3. The summed E-state index contributed by atoms with van der Waals surface area (Å²) in [6.45, 7) is 4.54. The van der Waals surface area contributed by atoms with E-state index in [9.17, 15) is 4.79 Å². The fourth-order valence-electron chi connectivity index (χ4n) is 2.61. The second-order valence-electron chi connectivity index (χ2n) is 5.97. The molecular weight excluding hydrogens is 380 g/mol. The lowest BCUT2D eigenvalue weighted by Crippen LogP contribution is -2.19. The normalized spacial score (nSPS) is 10.5. The standard InChI is InChI=1S/C19H20N4O2S2/c1-12-13(2)27-17(16(12)18(24)25-3)22-19(26)21-15-9-20-23(11-15)10-14-7-5-4-6-8-14/h4-9,11H,10H2,1-3H3,(H2,21,22,26). The number of thiophene rings is 1. The molecule has 2 N–H and O–H groups in total. The van der Waals surface area contributed by atoms with Crippen molar-refractivity contribution in [2.75, 3.05) is 17.7 Å². The molecule has 0 saturated carbocycles. The second kappa shape index (κ2) is 8.32. The number of hydrogen-bond donors (Lipinski definition) is 2. The molecule has 1 aromatic carbocycles. The Bertz CT molecular complexity index is 964. The van der Waals surface area contributed by atoms with E-state index in [2.05, 4.69) is 27.9 Å². The number of nitrogens with zero attached hydrogens (tertiary/aromatic N) is 2. The van der Waals surface area contributed by atoms with Gasteiger partial charge in [-0.05, 0) is 37.2 Å². The number of hydrogen-bond acceptors (Lipinski definition) is 5. The summed E-state index contributed by atoms with van der Waals surface area (Å²) in [6.07, 6.45) is 3.59. The van der Waals surface area contributed by atoms with Crippen LogP contribution in [0.1, 0.15) is 26.4 Å². The van der Waals surface area contributed by atoms with Gasteiger partial charge in [0.2, 0.25) is 0 Å². The molecule has 0 amide bonds. The Balaban J connectivity index is 1.67. The van der Waals surface area contributed by atoms with Crippen LogP contribution < -0.4 is 10.6 Å². The Morgan fingerprint density at radius 3 is 2.70 bits per heavy atom. The third kappa shape index (κ3) is 4.53. The summed E-state index contributed by atoms with van der Waals surface area (Å²) in [6, 6.07) is 10.1. The number of rotatable bonds is 5. The molecular formula is C19H20N4O2S2. The third-order valence-electron chi connectivity index (χ3n) is 4.08. The summed E-state index contributed by atoms with van der Waals surface area (Å²) in [5, 5.41) is 11.6. The quantitative estimate of drug-likeness (QED) is 0.494. The molecule has 0 aliphatic carbocycles. The molecule has 2 heterocycles. The van der Waals surface area contributed by atoms with Gasteiger partial charge in [0.05, 0.1) is 31.1 Å². The first-order valence-electron chi connectivity index (χ1n) is 8.30. The molecule has 6 nitrogen and oxygen atoms in total. The fourth-order valence-corrected chi connectivity index (χ4v) is 3.95. The van der Waals surface area contributed by atoms with Gasteiger partial charge in [-0.2, -0.15) is 5.10 Å². The van der Waals surface area contributed by atoms with Gasteiger partial charge in [-0.3, -0.25) is 4.68 Å². The van der Waals surface area contributed by atoms with Gasteiger partial charge in [0.25, 0.3) is 0 Å². The Labute approximate surface area is 167 Å². The number of esters is 1. The number of thiocarbonyl (C=S) groups is 1. The van der Waals surface area contributed by atoms with Crippen LogP contribution in [0.15, 0.2) is 42.7 Å². The number of carbonyl (C=O) groups is 1. The van der Waals surface area contributed by atoms with E-state index in [0.717, 1.165) is 16.1 Å². The van der Waals surface area contributed by atoms with Crippen molar-refractivity contribution in [3.63, 3.8) is 0 Å². The Kier molecular flexibility index (Phi) is 5.88. The van der Waals surface area contributed by atoms with Crippen molar-refractivity contribution in [1.29, 1.82) is 0 Å². The average molecular weight is 401 g/mol. The number of methoxy groups -OCH3 is 1. The van der Waals surface area contributed by atoms with E-state index in [4.69, 9.17) is 17.0 Å². The summed E-state index contributed by atoms with van der Waals surface area (Å²) >= 11 is 6.86. The lowest BCUT2D eigenvalue weighted by atomic mass is 10.1. The molecule has 0 aliphatic heterocycles. The summed E-state index contributed by atoms with van der Waals surface area (Å²) in [5.41, 5.74) is 3.35. The molecule has 0 atom stereocenters. The highest BCUT2D eigenvalue weighted by Crippen LogP contribution is 2.33. The molecule has 0 radical (unpaired) electrons. The Morgan fingerprint density at radius 2 is 2.00 bits per heavy atom. The van der Waals surface area contributed by atoms with Crippen LogP contribution in [0.5, 0.6) is 0 Å². The molecule has 0 spiro atoms. The van der Waals surface area contributed by atoms with E-state index in [1.807, 2.05) is 42.9 Å². The molecule has 8 heteroatoms. The van der Waals surface area contributed by atoms with E-state index in [0.29, 0.717) is 22.2 Å². The van der Waals surface area contributed by atoms with Crippen molar-refractivity contribution >= 4 is 45.3 Å². The van der Waals surface area contributed by atoms with Gasteiger partial charge < -0.3 is 15.4 Å². The van der Waals surface area contributed by atoms with Crippen LogP contribution in [0.2, 0.25) is 0 Å². The van der Waals surface area contributed by atoms with Crippen molar-refractivity contribution in [3.8, 4) is 0 Å². The Hall–Kier alpha value is -2.71. The number of anilines is 2. The molecule has 140 valence electrons. The minimum Gasteiger partial charge on any atom is -0.465 e. The monoisotopic (exact) mass is 400 g/mol. The zero-order chi connectivity index (χ0) is 19.4. The van der Waals surface area contributed by atoms with E-state index >= 15 is 0 Å². The summed E-state index contributed by atoms with van der Waals surface area (Å²) < 4.78 is 6.71. The van der Waals surface area contributed by atoms with Crippen LogP contribution in [-0.2, 0) is 11.3 Å². The summed E-state index contributed by atoms with van der Waals surface area (Å²) in [4.78, 5) is 13.1. The minimum absolute atomic E-state index is 0.377. The van der Waals surface area contributed by atoms with E-state index in [-0.39, 0.29) is 5.97 Å². The lowest BCUT2D eigenvalue weighted by molar-refractivity contribution is 0.0601. The molecule has 3 rings (SSSR count). The highest BCUT2D eigenvalue weighted by molar-refractivity contribution is 7.80. The molecule has 0 bridgehead atoms. The number of nitrogens with one attached hydrogen (secondary N) is 2. The van der Waals surface area contributed by atoms with Crippen molar-refractivity contribution in [2.24, 2.45) is 0 Å². The van der Waals surface area contributed by atoms with Crippen molar-refractivity contribution in [2.45, 2.75) is 20.4 Å². The SMILES string of the molecule is COC(=O)c1c(NC(=S)Nc2cnn(Cc3ccccc3)c2)sc(C)c1C. The van der Waals surface area contributed by atoms with Crippen LogP contribution in [0.4, 0.5) is 10.7 Å². The lowest BCUT2D eigenvalue weighted by Gasteiger charge is -2.09. The average Bonchev–Trinajstić information content (AvgIpc) is 3.19.